The van der Waals surface area contributed by atoms with Crippen LogP contribution in [-0.4, -0.2) is 0 Å². The van der Waals surface area contributed by atoms with Crippen LogP contribution in [0.25, 0.3) is 0 Å². The van der Waals surface area contributed by atoms with Crippen molar-refractivity contribution in [1.29, 1.82) is 0 Å². The highest BCUT2D eigenvalue weighted by Crippen LogP contribution is 2.66. The van der Waals surface area contributed by atoms with Gasteiger partial charge in [-0.15, -0.1) is 0 Å². The van der Waals surface area contributed by atoms with E-state index in [0.717, 1.165) is 63.6 Å². The van der Waals surface area contributed by atoms with Crippen molar-refractivity contribution in [3.05, 3.63) is 0 Å². The van der Waals surface area contributed by atoms with Gasteiger partial charge in [0.05, 0.1) is 0 Å². The van der Waals surface area contributed by atoms with Crippen molar-refractivity contribution >= 4 is 0 Å². The van der Waals surface area contributed by atoms with E-state index in [2.05, 4.69) is 27.7 Å². The summed E-state index contributed by atoms with van der Waals surface area (Å²) in [5.41, 5.74) is 2.40. The molecule has 182 valence electrons. The maximum atomic E-state index is 2.56. The molecule has 0 aromatic carbocycles. The summed E-state index contributed by atoms with van der Waals surface area (Å²) in [7, 11) is 0. The molecule has 10 saturated carbocycles. The van der Waals surface area contributed by atoms with Crippen molar-refractivity contribution in [1.82, 2.24) is 0 Å². The van der Waals surface area contributed by atoms with Gasteiger partial charge in [-0.3, -0.25) is 0 Å². The minimum absolute atomic E-state index is 0.764. The molecule has 0 aliphatic heterocycles. The van der Waals surface area contributed by atoms with E-state index < -0.39 is 0 Å². The predicted octanol–water partition coefficient (Wildman–Crippen LogP) is 9.67. The van der Waals surface area contributed by atoms with E-state index in [1.807, 2.05) is 0 Å². The molecule has 0 spiro atoms. The fourth-order valence-electron chi connectivity index (χ4n) is 12.4. The Balaban J connectivity index is 0.0000000935. The summed E-state index contributed by atoms with van der Waals surface area (Å²) in [5.74, 6) is 9.13. The van der Waals surface area contributed by atoms with Crippen LogP contribution >= 0.6 is 0 Å². The molecule has 0 aromatic rings. The molecule has 10 rings (SSSR count). The Morgan fingerprint density at radius 3 is 1.69 bits per heavy atom. The topological polar surface area (TPSA) is 0 Å². The molecule has 10 aliphatic carbocycles. The summed E-state index contributed by atoms with van der Waals surface area (Å²) in [6.45, 7) is 9.88. The molecule has 0 saturated heterocycles. The van der Waals surface area contributed by atoms with Crippen molar-refractivity contribution < 1.29 is 0 Å². The van der Waals surface area contributed by atoms with E-state index in [1.54, 1.807) is 96.3 Å². The molecule has 0 heteroatoms. The third-order valence-electron chi connectivity index (χ3n) is 13.0. The lowest BCUT2D eigenvalue weighted by molar-refractivity contribution is -0.103. The van der Waals surface area contributed by atoms with Gasteiger partial charge in [0.25, 0.3) is 0 Å². The van der Waals surface area contributed by atoms with Crippen molar-refractivity contribution in [2.24, 2.45) is 63.6 Å². The highest BCUT2D eigenvalue weighted by Gasteiger charge is 2.55. The molecule has 7 atom stereocenters. The number of hydrogen-bond donors (Lipinski definition) is 0. The molecule has 0 nitrogen and oxygen atoms in total. The average Bonchev–Trinajstić information content (AvgIpc) is 3.45. The van der Waals surface area contributed by atoms with Gasteiger partial charge in [-0.1, -0.05) is 47.0 Å². The summed E-state index contributed by atoms with van der Waals surface area (Å²) in [6, 6.07) is 0. The van der Waals surface area contributed by atoms with Gasteiger partial charge >= 0.3 is 0 Å². The van der Waals surface area contributed by atoms with Crippen molar-refractivity contribution in [3.8, 4) is 0 Å². The molecule has 0 heterocycles. The second kappa shape index (κ2) is 8.01. The zero-order valence-electron chi connectivity index (χ0n) is 22.1. The lowest BCUT2D eigenvalue weighted by atomic mass is 9.44. The minimum Gasteiger partial charge on any atom is -0.0651 e. The van der Waals surface area contributed by atoms with Gasteiger partial charge in [-0.05, 0) is 153 Å². The summed E-state index contributed by atoms with van der Waals surface area (Å²) >= 11 is 0. The van der Waals surface area contributed by atoms with Crippen LogP contribution in [0.5, 0.6) is 0 Å². The van der Waals surface area contributed by atoms with Gasteiger partial charge < -0.3 is 0 Å². The standard InChI is InChI=1S/C13H22.C10H16.C9H16/c1-3-13-7-10-4-11(8-13)6-12(2,5-10)9-13;1-10-5-7-2-8(6-10)4-9(10)3-7;1-2-8-5-7-3-4-9(8)6-7/h10-11H,3-9H2,1-2H3;7-9H,2-6H2,1H3;7-9H,2-6H2,1H3. The Hall–Kier alpha value is 0. The molecule has 10 bridgehead atoms. The van der Waals surface area contributed by atoms with Gasteiger partial charge in [0.15, 0.2) is 0 Å². The minimum atomic E-state index is 0.764. The van der Waals surface area contributed by atoms with Crippen LogP contribution in [0.15, 0.2) is 0 Å². The summed E-state index contributed by atoms with van der Waals surface area (Å²) in [6.07, 6.45) is 26.5. The first kappa shape index (κ1) is 22.5. The lowest BCUT2D eigenvalue weighted by Crippen LogP contribution is -2.50. The van der Waals surface area contributed by atoms with Crippen LogP contribution in [0.4, 0.5) is 0 Å². The molecule has 32 heavy (non-hydrogen) atoms. The Morgan fingerprint density at radius 1 is 0.625 bits per heavy atom. The summed E-state index contributed by atoms with van der Waals surface area (Å²) in [4.78, 5) is 0. The van der Waals surface area contributed by atoms with Crippen molar-refractivity contribution in [2.75, 3.05) is 0 Å². The molecule has 7 unspecified atom stereocenters. The van der Waals surface area contributed by atoms with E-state index in [1.165, 1.54) is 12.8 Å². The smallest absolute Gasteiger partial charge is 0.0290 e. The zero-order chi connectivity index (χ0) is 22.1. The molecule has 10 fully saturated rings. The molecule has 0 N–H and O–H groups in total. The summed E-state index contributed by atoms with van der Waals surface area (Å²) < 4.78 is 0. The van der Waals surface area contributed by atoms with E-state index in [0.29, 0.717) is 0 Å². The maximum Gasteiger partial charge on any atom is -0.0290 e. The lowest BCUT2D eigenvalue weighted by Gasteiger charge is -2.61. The van der Waals surface area contributed by atoms with Crippen LogP contribution in [-0.2, 0) is 0 Å². The first-order valence-corrected chi connectivity index (χ1v) is 15.3. The molecule has 0 aromatic heterocycles. The quantitative estimate of drug-likeness (QED) is 0.402. The average molecular weight is 439 g/mol. The van der Waals surface area contributed by atoms with E-state index in [9.17, 15) is 0 Å². The number of fused-ring (bicyclic) bond motifs is 2. The molecular formula is C32H54. The fraction of sp³-hybridized carbons (Fsp3) is 1.00. The first-order valence-electron chi connectivity index (χ1n) is 15.3. The number of rotatable bonds is 2. The van der Waals surface area contributed by atoms with Gasteiger partial charge in [0.1, 0.15) is 0 Å². The highest BCUT2D eigenvalue weighted by molar-refractivity contribution is 5.06. The van der Waals surface area contributed by atoms with Gasteiger partial charge in [-0.2, -0.15) is 0 Å². The Morgan fingerprint density at radius 2 is 1.28 bits per heavy atom. The Bertz CT molecular complexity index is 660. The zero-order valence-corrected chi connectivity index (χ0v) is 22.1. The Kier molecular flexibility index (Phi) is 5.63. The maximum absolute atomic E-state index is 2.56. The van der Waals surface area contributed by atoms with Crippen LogP contribution < -0.4 is 0 Å². The predicted molar refractivity (Wildman–Crippen MR) is 136 cm³/mol. The molecular weight excluding hydrogens is 384 g/mol. The first-order chi connectivity index (χ1) is 15.3. The molecule has 0 radical (unpaired) electrons. The van der Waals surface area contributed by atoms with Crippen LogP contribution in [0.2, 0.25) is 0 Å². The van der Waals surface area contributed by atoms with Gasteiger partial charge in [0.2, 0.25) is 0 Å². The second-order valence-corrected chi connectivity index (χ2v) is 15.7. The van der Waals surface area contributed by atoms with E-state index in [4.69, 9.17) is 0 Å². The third-order valence-corrected chi connectivity index (χ3v) is 13.0. The molecule has 10 aliphatic rings. The molecule has 0 amide bonds. The summed E-state index contributed by atoms with van der Waals surface area (Å²) in [5, 5.41) is 0. The largest absolute Gasteiger partial charge is 0.0651 e. The van der Waals surface area contributed by atoms with E-state index >= 15 is 0 Å². The van der Waals surface area contributed by atoms with E-state index in [-0.39, 0.29) is 0 Å². The van der Waals surface area contributed by atoms with Gasteiger partial charge in [-0.25, -0.2) is 0 Å². The normalized spacial score (nSPS) is 57.4. The van der Waals surface area contributed by atoms with Crippen LogP contribution in [0.3, 0.4) is 0 Å². The Labute approximate surface area is 200 Å². The fourth-order valence-corrected chi connectivity index (χ4v) is 12.4. The van der Waals surface area contributed by atoms with Gasteiger partial charge in [0, 0.05) is 0 Å². The van der Waals surface area contributed by atoms with Crippen molar-refractivity contribution in [3.63, 3.8) is 0 Å². The van der Waals surface area contributed by atoms with Crippen LogP contribution in [0.1, 0.15) is 137 Å². The monoisotopic (exact) mass is 438 g/mol. The highest BCUT2D eigenvalue weighted by atomic mass is 14.6. The third kappa shape index (κ3) is 3.94. The van der Waals surface area contributed by atoms with Crippen molar-refractivity contribution in [2.45, 2.75) is 137 Å². The van der Waals surface area contributed by atoms with Crippen LogP contribution in [0, 0.1) is 63.6 Å². The number of hydrogen-bond acceptors (Lipinski definition) is 0. The SMILES string of the molecule is CC12CC3CC(CC1C3)C2.CCC12CC3CC(CC(C)(C3)C1)C2.CCC1CC2CCC1C2. The second-order valence-electron chi connectivity index (χ2n) is 15.7.